The summed E-state index contributed by atoms with van der Waals surface area (Å²) in [4.78, 5) is 0. The van der Waals surface area contributed by atoms with Gasteiger partial charge in [-0.3, -0.25) is 0 Å². The van der Waals surface area contributed by atoms with Gasteiger partial charge in [0.05, 0.1) is 0 Å². The van der Waals surface area contributed by atoms with Crippen molar-refractivity contribution in [1.82, 2.24) is 5.32 Å². The fraction of sp³-hybridized carbons (Fsp3) is 0.667. The smallest absolute Gasteiger partial charge is 0.0475 e. The van der Waals surface area contributed by atoms with Crippen LogP contribution in [0.2, 0.25) is 0 Å². The van der Waals surface area contributed by atoms with E-state index in [0.717, 1.165) is 38.5 Å². The third kappa shape index (κ3) is 2.91. The third-order valence-electron chi connectivity index (χ3n) is 5.12. The van der Waals surface area contributed by atoms with Crippen LogP contribution in [0.1, 0.15) is 44.6 Å². The zero-order valence-electron chi connectivity index (χ0n) is 12.6. The number of ether oxygens (including phenoxy) is 1. The average Bonchev–Trinajstić information content (AvgIpc) is 3.33. The predicted molar refractivity (Wildman–Crippen MR) is 83.0 cm³/mol. The van der Waals surface area contributed by atoms with Gasteiger partial charge < -0.3 is 10.1 Å². The second-order valence-electron chi connectivity index (χ2n) is 6.42. The van der Waals surface area contributed by atoms with E-state index in [1.165, 1.54) is 24.8 Å². The summed E-state index contributed by atoms with van der Waals surface area (Å²) in [5, 5.41) is 3.81. The molecule has 1 saturated carbocycles. The summed E-state index contributed by atoms with van der Waals surface area (Å²) < 4.78 is 5.67. The van der Waals surface area contributed by atoms with E-state index in [1.807, 2.05) is 0 Å². The Morgan fingerprint density at radius 1 is 1.20 bits per heavy atom. The molecule has 3 rings (SSSR count). The molecular weight excluding hydrogens is 246 g/mol. The molecule has 2 nitrogen and oxygen atoms in total. The van der Waals surface area contributed by atoms with Crippen LogP contribution < -0.4 is 5.32 Å². The quantitative estimate of drug-likeness (QED) is 0.856. The Morgan fingerprint density at radius 3 is 2.50 bits per heavy atom. The molecule has 0 aromatic heterocycles. The molecule has 0 spiro atoms. The van der Waals surface area contributed by atoms with Gasteiger partial charge in [-0.05, 0) is 37.3 Å². The molecule has 1 aromatic carbocycles. The Hall–Kier alpha value is -0.860. The number of hydrogen-bond acceptors (Lipinski definition) is 2. The molecule has 1 aliphatic carbocycles. The second-order valence-corrected chi connectivity index (χ2v) is 6.42. The highest BCUT2D eigenvalue weighted by Crippen LogP contribution is 2.44. The molecule has 1 saturated heterocycles. The van der Waals surface area contributed by atoms with E-state index in [1.54, 1.807) is 0 Å². The van der Waals surface area contributed by atoms with Crippen LogP contribution in [0.25, 0.3) is 0 Å². The zero-order valence-corrected chi connectivity index (χ0v) is 12.6. The second kappa shape index (κ2) is 6.28. The molecule has 2 heteroatoms. The molecule has 0 bridgehead atoms. The first kappa shape index (κ1) is 14.1. The third-order valence-corrected chi connectivity index (χ3v) is 5.12. The first-order valence-electron chi connectivity index (χ1n) is 8.22. The van der Waals surface area contributed by atoms with Crippen LogP contribution in [0, 0.1) is 5.92 Å². The van der Waals surface area contributed by atoms with Gasteiger partial charge in [-0.2, -0.15) is 0 Å². The van der Waals surface area contributed by atoms with Gasteiger partial charge in [0.25, 0.3) is 0 Å². The largest absolute Gasteiger partial charge is 0.381 e. The Morgan fingerprint density at radius 2 is 1.90 bits per heavy atom. The summed E-state index contributed by atoms with van der Waals surface area (Å²) in [7, 11) is 0. The topological polar surface area (TPSA) is 21.3 Å². The molecule has 1 unspecified atom stereocenters. The molecule has 0 amide bonds. The fourth-order valence-corrected chi connectivity index (χ4v) is 3.78. The molecule has 1 aromatic rings. The lowest BCUT2D eigenvalue weighted by Gasteiger charge is -2.44. The molecule has 1 N–H and O–H groups in total. The number of likely N-dealkylation sites (N-methyl/N-ethyl adjacent to an activating group) is 1. The van der Waals surface area contributed by atoms with E-state index < -0.39 is 0 Å². The highest BCUT2D eigenvalue weighted by molar-refractivity contribution is 5.29. The van der Waals surface area contributed by atoms with Crippen LogP contribution in [0.3, 0.4) is 0 Å². The highest BCUT2D eigenvalue weighted by atomic mass is 16.5. The van der Waals surface area contributed by atoms with Gasteiger partial charge in [0.1, 0.15) is 0 Å². The number of rotatable bonds is 6. The summed E-state index contributed by atoms with van der Waals surface area (Å²) in [6.45, 7) is 5.10. The molecule has 20 heavy (non-hydrogen) atoms. The Labute approximate surface area is 122 Å². The van der Waals surface area contributed by atoms with Crippen molar-refractivity contribution in [2.75, 3.05) is 19.8 Å². The Balaban J connectivity index is 1.89. The molecular formula is C18H27NO. The Bertz CT molecular complexity index is 407. The first-order valence-corrected chi connectivity index (χ1v) is 8.22. The molecule has 2 aliphatic rings. The first-order chi connectivity index (χ1) is 9.85. The predicted octanol–water partition coefficient (Wildman–Crippen LogP) is 3.51. The van der Waals surface area contributed by atoms with Gasteiger partial charge >= 0.3 is 0 Å². The van der Waals surface area contributed by atoms with Gasteiger partial charge in [-0.1, -0.05) is 50.1 Å². The van der Waals surface area contributed by atoms with Crippen molar-refractivity contribution in [3.63, 3.8) is 0 Å². The number of nitrogens with one attached hydrogen (secondary N) is 1. The van der Waals surface area contributed by atoms with Crippen LogP contribution in [0.15, 0.2) is 30.3 Å². The summed E-state index contributed by atoms with van der Waals surface area (Å²) >= 11 is 0. The minimum Gasteiger partial charge on any atom is -0.381 e. The van der Waals surface area contributed by atoms with E-state index >= 15 is 0 Å². The van der Waals surface area contributed by atoms with Crippen molar-refractivity contribution in [1.29, 1.82) is 0 Å². The van der Waals surface area contributed by atoms with Crippen LogP contribution in [0.5, 0.6) is 0 Å². The minimum atomic E-state index is 0.276. The van der Waals surface area contributed by atoms with Crippen LogP contribution in [-0.4, -0.2) is 25.8 Å². The monoisotopic (exact) mass is 273 g/mol. The summed E-state index contributed by atoms with van der Waals surface area (Å²) in [6.07, 6.45) is 6.51. The van der Waals surface area contributed by atoms with Crippen molar-refractivity contribution in [2.45, 2.75) is 50.5 Å². The van der Waals surface area contributed by atoms with E-state index in [-0.39, 0.29) is 5.41 Å². The fourth-order valence-electron chi connectivity index (χ4n) is 3.78. The van der Waals surface area contributed by atoms with Crippen molar-refractivity contribution in [2.24, 2.45) is 5.92 Å². The lowest BCUT2D eigenvalue weighted by Crippen LogP contribution is -2.51. The lowest BCUT2D eigenvalue weighted by molar-refractivity contribution is 0.0323. The van der Waals surface area contributed by atoms with E-state index in [0.29, 0.717) is 6.04 Å². The SMILES string of the molecule is CCNC(CC1CC1)C1(c2ccccc2)CCOCC1. The molecule has 1 heterocycles. The molecule has 1 atom stereocenters. The number of hydrogen-bond donors (Lipinski definition) is 1. The van der Waals surface area contributed by atoms with Gasteiger partial charge in [0, 0.05) is 24.7 Å². The summed E-state index contributed by atoms with van der Waals surface area (Å²) in [5.41, 5.74) is 1.79. The van der Waals surface area contributed by atoms with Gasteiger partial charge in [0.2, 0.25) is 0 Å². The zero-order chi connectivity index (χ0) is 13.8. The highest BCUT2D eigenvalue weighted by Gasteiger charge is 2.43. The van der Waals surface area contributed by atoms with Gasteiger partial charge in [0.15, 0.2) is 0 Å². The summed E-state index contributed by atoms with van der Waals surface area (Å²) in [6, 6.07) is 11.7. The van der Waals surface area contributed by atoms with E-state index in [2.05, 4.69) is 42.6 Å². The van der Waals surface area contributed by atoms with Crippen LogP contribution >= 0.6 is 0 Å². The maximum atomic E-state index is 5.67. The number of benzene rings is 1. The standard InChI is InChI=1S/C18H27NO/c1-2-19-17(14-15-8-9-15)18(10-12-20-13-11-18)16-6-4-3-5-7-16/h3-7,15,17,19H,2,8-14H2,1H3. The minimum absolute atomic E-state index is 0.276. The van der Waals surface area contributed by atoms with Crippen molar-refractivity contribution in [3.05, 3.63) is 35.9 Å². The molecule has 1 aliphatic heterocycles. The van der Waals surface area contributed by atoms with Crippen LogP contribution in [-0.2, 0) is 10.2 Å². The van der Waals surface area contributed by atoms with Crippen LogP contribution in [0.4, 0.5) is 0 Å². The van der Waals surface area contributed by atoms with Crippen molar-refractivity contribution < 1.29 is 4.74 Å². The normalized spacial score (nSPS) is 23.4. The maximum Gasteiger partial charge on any atom is 0.0475 e. The van der Waals surface area contributed by atoms with Gasteiger partial charge in [-0.15, -0.1) is 0 Å². The van der Waals surface area contributed by atoms with Gasteiger partial charge in [-0.25, -0.2) is 0 Å². The maximum absolute atomic E-state index is 5.67. The van der Waals surface area contributed by atoms with Crippen molar-refractivity contribution in [3.8, 4) is 0 Å². The molecule has 2 fully saturated rings. The van der Waals surface area contributed by atoms with E-state index in [9.17, 15) is 0 Å². The molecule has 0 radical (unpaired) electrons. The Kier molecular flexibility index (Phi) is 4.42. The van der Waals surface area contributed by atoms with E-state index in [4.69, 9.17) is 4.74 Å². The summed E-state index contributed by atoms with van der Waals surface area (Å²) in [5.74, 6) is 0.961. The molecule has 110 valence electrons. The lowest BCUT2D eigenvalue weighted by atomic mass is 9.67. The van der Waals surface area contributed by atoms with Crippen molar-refractivity contribution >= 4 is 0 Å². The average molecular weight is 273 g/mol.